The summed E-state index contributed by atoms with van der Waals surface area (Å²) >= 11 is 0. The van der Waals surface area contributed by atoms with Gasteiger partial charge in [-0.15, -0.1) is 0 Å². The zero-order chi connectivity index (χ0) is 13.2. The maximum absolute atomic E-state index is 11.8. The number of carbonyl (C=O) groups is 1. The minimum atomic E-state index is 0.165. The first kappa shape index (κ1) is 14.9. The molecule has 0 aliphatic carbocycles. The molecule has 0 bridgehead atoms. The highest BCUT2D eigenvalue weighted by molar-refractivity contribution is 5.97. The summed E-state index contributed by atoms with van der Waals surface area (Å²) in [6, 6.07) is 9.44. The second-order valence-corrected chi connectivity index (χ2v) is 4.35. The molecule has 0 saturated heterocycles. The largest absolute Gasteiger partial charge is 0.310 e. The van der Waals surface area contributed by atoms with Crippen LogP contribution >= 0.6 is 0 Å². The molecule has 0 unspecified atom stereocenters. The molecular weight excluding hydrogens is 224 g/mol. The van der Waals surface area contributed by atoms with Crippen molar-refractivity contribution in [2.75, 3.05) is 32.7 Å². The molecule has 3 nitrogen and oxygen atoms in total. The third-order valence-corrected chi connectivity index (χ3v) is 3.10. The molecule has 0 radical (unpaired) electrons. The summed E-state index contributed by atoms with van der Waals surface area (Å²) in [5.74, 6) is 0.165. The van der Waals surface area contributed by atoms with Gasteiger partial charge in [-0.25, -0.2) is 0 Å². The van der Waals surface area contributed by atoms with Crippen LogP contribution in [0.25, 0.3) is 0 Å². The molecule has 1 aromatic rings. The standard InChI is InChI=1S/C15H24N2O/c1-3-17(4-2)12-8-11-16-13-15(18)14-9-6-5-7-10-14/h5-7,9-10,16H,3-4,8,11-13H2,1-2H3. The van der Waals surface area contributed by atoms with Gasteiger partial charge in [-0.05, 0) is 32.6 Å². The summed E-state index contributed by atoms with van der Waals surface area (Å²) in [6.45, 7) is 8.97. The normalized spacial score (nSPS) is 10.8. The van der Waals surface area contributed by atoms with Crippen molar-refractivity contribution in [3.05, 3.63) is 35.9 Å². The highest BCUT2D eigenvalue weighted by Gasteiger charge is 2.04. The predicted octanol–water partition coefficient (Wildman–Crippen LogP) is 2.19. The topological polar surface area (TPSA) is 32.3 Å². The van der Waals surface area contributed by atoms with E-state index in [1.165, 1.54) is 0 Å². The van der Waals surface area contributed by atoms with Gasteiger partial charge in [0.05, 0.1) is 6.54 Å². The second kappa shape index (κ2) is 8.84. The number of ketones is 1. The Morgan fingerprint density at radius 3 is 2.44 bits per heavy atom. The summed E-state index contributed by atoms with van der Waals surface area (Å²) in [7, 11) is 0. The summed E-state index contributed by atoms with van der Waals surface area (Å²) in [4.78, 5) is 14.2. The lowest BCUT2D eigenvalue weighted by Gasteiger charge is -2.17. The Labute approximate surface area is 110 Å². The molecule has 3 heteroatoms. The van der Waals surface area contributed by atoms with Crippen LogP contribution in [0.2, 0.25) is 0 Å². The molecule has 1 N–H and O–H groups in total. The molecule has 0 saturated carbocycles. The van der Waals surface area contributed by atoms with Crippen LogP contribution in [0.4, 0.5) is 0 Å². The number of hydrogen-bond donors (Lipinski definition) is 1. The Morgan fingerprint density at radius 2 is 1.83 bits per heavy atom. The van der Waals surface area contributed by atoms with Crippen molar-refractivity contribution in [1.29, 1.82) is 0 Å². The molecule has 1 rings (SSSR count). The zero-order valence-electron chi connectivity index (χ0n) is 11.5. The minimum Gasteiger partial charge on any atom is -0.310 e. The lowest BCUT2D eigenvalue weighted by molar-refractivity contribution is 0.0991. The van der Waals surface area contributed by atoms with E-state index in [0.717, 1.165) is 38.2 Å². The molecule has 1 aromatic carbocycles. The fourth-order valence-corrected chi connectivity index (χ4v) is 1.90. The van der Waals surface area contributed by atoms with Gasteiger partial charge in [-0.2, -0.15) is 0 Å². The van der Waals surface area contributed by atoms with Gasteiger partial charge in [0.1, 0.15) is 0 Å². The van der Waals surface area contributed by atoms with Gasteiger partial charge in [0, 0.05) is 5.56 Å². The molecule has 0 aliphatic rings. The van der Waals surface area contributed by atoms with Gasteiger partial charge >= 0.3 is 0 Å². The molecule has 0 aromatic heterocycles. The van der Waals surface area contributed by atoms with Crippen molar-refractivity contribution >= 4 is 5.78 Å². The molecule has 0 heterocycles. The lowest BCUT2D eigenvalue weighted by atomic mass is 10.1. The van der Waals surface area contributed by atoms with E-state index in [2.05, 4.69) is 24.1 Å². The smallest absolute Gasteiger partial charge is 0.176 e. The summed E-state index contributed by atoms with van der Waals surface area (Å²) in [5, 5.41) is 3.21. The van der Waals surface area contributed by atoms with Crippen molar-refractivity contribution in [3.8, 4) is 0 Å². The summed E-state index contributed by atoms with van der Waals surface area (Å²) < 4.78 is 0. The quantitative estimate of drug-likeness (QED) is 0.537. The first-order valence-corrected chi connectivity index (χ1v) is 6.79. The predicted molar refractivity (Wildman–Crippen MR) is 76.0 cm³/mol. The van der Waals surface area contributed by atoms with Gasteiger partial charge in [0.2, 0.25) is 0 Å². The Bertz CT molecular complexity index is 334. The number of hydrogen-bond acceptors (Lipinski definition) is 3. The third kappa shape index (κ3) is 5.43. The van der Waals surface area contributed by atoms with Crippen molar-refractivity contribution in [3.63, 3.8) is 0 Å². The number of rotatable bonds is 9. The molecular formula is C15H24N2O. The minimum absolute atomic E-state index is 0.165. The number of nitrogens with zero attached hydrogens (tertiary/aromatic N) is 1. The van der Waals surface area contributed by atoms with Crippen LogP contribution in [0.1, 0.15) is 30.6 Å². The lowest BCUT2D eigenvalue weighted by Crippen LogP contribution is -2.29. The Morgan fingerprint density at radius 1 is 1.17 bits per heavy atom. The van der Waals surface area contributed by atoms with Crippen LogP contribution in [0.15, 0.2) is 30.3 Å². The Hall–Kier alpha value is -1.19. The average Bonchev–Trinajstić information content (AvgIpc) is 2.43. The van der Waals surface area contributed by atoms with Gasteiger partial charge < -0.3 is 10.2 Å². The summed E-state index contributed by atoms with van der Waals surface area (Å²) in [5.41, 5.74) is 0.786. The first-order valence-electron chi connectivity index (χ1n) is 6.79. The summed E-state index contributed by atoms with van der Waals surface area (Å²) in [6.07, 6.45) is 1.09. The molecule has 0 spiro atoms. The SMILES string of the molecule is CCN(CC)CCCNCC(=O)c1ccccc1. The van der Waals surface area contributed by atoms with E-state index in [1.54, 1.807) is 0 Å². The van der Waals surface area contributed by atoms with Crippen LogP contribution < -0.4 is 5.32 Å². The van der Waals surface area contributed by atoms with Crippen LogP contribution in [-0.2, 0) is 0 Å². The molecule has 0 fully saturated rings. The van der Waals surface area contributed by atoms with Gasteiger partial charge in [-0.3, -0.25) is 4.79 Å². The van der Waals surface area contributed by atoms with E-state index in [1.807, 2.05) is 30.3 Å². The van der Waals surface area contributed by atoms with E-state index in [9.17, 15) is 4.79 Å². The van der Waals surface area contributed by atoms with Gasteiger partial charge in [0.25, 0.3) is 0 Å². The van der Waals surface area contributed by atoms with Crippen molar-refractivity contribution in [2.45, 2.75) is 20.3 Å². The van der Waals surface area contributed by atoms with Crippen molar-refractivity contribution in [1.82, 2.24) is 10.2 Å². The number of benzene rings is 1. The van der Waals surface area contributed by atoms with Crippen molar-refractivity contribution in [2.24, 2.45) is 0 Å². The van der Waals surface area contributed by atoms with Crippen LogP contribution in [0.3, 0.4) is 0 Å². The van der Waals surface area contributed by atoms with Crippen molar-refractivity contribution < 1.29 is 4.79 Å². The number of carbonyl (C=O) groups excluding carboxylic acids is 1. The van der Waals surface area contributed by atoms with Gasteiger partial charge in [0.15, 0.2) is 5.78 Å². The van der Waals surface area contributed by atoms with Crippen LogP contribution in [0.5, 0.6) is 0 Å². The fourth-order valence-electron chi connectivity index (χ4n) is 1.90. The maximum atomic E-state index is 11.8. The van der Waals surface area contributed by atoms with E-state index in [4.69, 9.17) is 0 Å². The second-order valence-electron chi connectivity index (χ2n) is 4.35. The molecule has 100 valence electrons. The highest BCUT2D eigenvalue weighted by atomic mass is 16.1. The molecule has 0 atom stereocenters. The van der Waals surface area contributed by atoms with E-state index in [-0.39, 0.29) is 5.78 Å². The fraction of sp³-hybridized carbons (Fsp3) is 0.533. The monoisotopic (exact) mass is 248 g/mol. The van der Waals surface area contributed by atoms with Gasteiger partial charge in [-0.1, -0.05) is 44.2 Å². The third-order valence-electron chi connectivity index (χ3n) is 3.10. The van der Waals surface area contributed by atoms with E-state index in [0.29, 0.717) is 6.54 Å². The molecule has 0 amide bonds. The Balaban J connectivity index is 2.13. The average molecular weight is 248 g/mol. The van der Waals surface area contributed by atoms with E-state index >= 15 is 0 Å². The zero-order valence-corrected chi connectivity index (χ0v) is 11.5. The first-order chi connectivity index (χ1) is 8.77. The van der Waals surface area contributed by atoms with Crippen LogP contribution in [-0.4, -0.2) is 43.4 Å². The number of Topliss-reactive ketones (excluding diaryl/α,β-unsaturated/α-hetero) is 1. The number of nitrogens with one attached hydrogen (secondary N) is 1. The van der Waals surface area contributed by atoms with Crippen LogP contribution in [0, 0.1) is 0 Å². The maximum Gasteiger partial charge on any atom is 0.176 e. The Kier molecular flexibility index (Phi) is 7.30. The van der Waals surface area contributed by atoms with E-state index < -0.39 is 0 Å². The highest BCUT2D eigenvalue weighted by Crippen LogP contribution is 1.98. The molecule has 18 heavy (non-hydrogen) atoms. The molecule has 0 aliphatic heterocycles.